The zero-order valence-electron chi connectivity index (χ0n) is 24.7. The van der Waals surface area contributed by atoms with Crippen LogP contribution in [0.2, 0.25) is 0 Å². The highest BCUT2D eigenvalue weighted by atomic mass is 16.7. The van der Waals surface area contributed by atoms with E-state index in [1.807, 2.05) is 30.3 Å². The highest BCUT2D eigenvalue weighted by Crippen LogP contribution is 2.67. The second kappa shape index (κ2) is 11.4. The molecule has 0 saturated heterocycles. The molecule has 0 aromatic heterocycles. The van der Waals surface area contributed by atoms with Crippen LogP contribution in [0.1, 0.15) is 111 Å². The van der Waals surface area contributed by atoms with E-state index in [1.165, 1.54) is 51.4 Å². The van der Waals surface area contributed by atoms with Crippen molar-refractivity contribution in [3.8, 4) is 0 Å². The Labute approximate surface area is 232 Å². The van der Waals surface area contributed by atoms with Crippen molar-refractivity contribution in [3.05, 3.63) is 47.5 Å². The molecular weight excluding hydrogens is 468 g/mol. The van der Waals surface area contributed by atoms with Gasteiger partial charge in [0.2, 0.25) is 0 Å². The van der Waals surface area contributed by atoms with E-state index in [-0.39, 0.29) is 18.1 Å². The Balaban J connectivity index is 1.19. The van der Waals surface area contributed by atoms with E-state index in [0.29, 0.717) is 5.41 Å². The molecule has 4 unspecified atom stereocenters. The zero-order chi connectivity index (χ0) is 26.9. The van der Waals surface area contributed by atoms with Crippen molar-refractivity contribution in [3.63, 3.8) is 0 Å². The Morgan fingerprint density at radius 3 is 2.53 bits per heavy atom. The van der Waals surface area contributed by atoms with Crippen molar-refractivity contribution in [1.82, 2.24) is 0 Å². The first-order valence-electron chi connectivity index (χ1n) is 15.8. The molecule has 0 N–H and O–H groups in total. The number of hydrogen-bond acceptors (Lipinski definition) is 3. The number of benzene rings is 1. The molecule has 0 heterocycles. The first-order valence-corrected chi connectivity index (χ1v) is 15.8. The molecule has 0 radical (unpaired) electrons. The molecule has 5 rings (SSSR count). The van der Waals surface area contributed by atoms with Gasteiger partial charge in [-0.2, -0.15) is 0 Å². The largest absolute Gasteiger partial charge is 0.508 e. The van der Waals surface area contributed by atoms with Crippen molar-refractivity contribution < 1.29 is 14.3 Å². The summed E-state index contributed by atoms with van der Waals surface area (Å²) in [5.41, 5.74) is 3.36. The van der Waals surface area contributed by atoms with Crippen molar-refractivity contribution >= 4 is 6.16 Å². The Hall–Kier alpha value is -1.77. The molecule has 3 saturated carbocycles. The second-order valence-corrected chi connectivity index (χ2v) is 14.3. The summed E-state index contributed by atoms with van der Waals surface area (Å²) in [7, 11) is 0. The molecule has 38 heavy (non-hydrogen) atoms. The molecule has 3 heteroatoms. The summed E-state index contributed by atoms with van der Waals surface area (Å²) in [4.78, 5) is 12.4. The Kier molecular flexibility index (Phi) is 8.32. The molecule has 3 fully saturated rings. The summed E-state index contributed by atoms with van der Waals surface area (Å²) in [5, 5.41) is 0. The Morgan fingerprint density at radius 1 is 0.974 bits per heavy atom. The smallest absolute Gasteiger partial charge is 0.431 e. The van der Waals surface area contributed by atoms with Crippen LogP contribution < -0.4 is 0 Å². The molecule has 1 aromatic rings. The predicted octanol–water partition coefficient (Wildman–Crippen LogP) is 9.75. The van der Waals surface area contributed by atoms with E-state index >= 15 is 0 Å². The third-order valence-electron chi connectivity index (χ3n) is 11.7. The monoisotopic (exact) mass is 520 g/mol. The summed E-state index contributed by atoms with van der Waals surface area (Å²) in [6.07, 6.45) is 16.1. The van der Waals surface area contributed by atoms with Crippen LogP contribution in [0.25, 0.3) is 0 Å². The molecular formula is C35H52O3. The highest BCUT2D eigenvalue weighted by molar-refractivity contribution is 5.60. The SMILES string of the molecule is CC(C)CCC[C@@H](C)[C@H]1CCC2C3CC=C4CC(OC(=O)OCc5ccccc5)CC[C@]4(C)C3CC[C@@]21C. The number of fused-ring (bicyclic) bond motifs is 5. The molecule has 4 aliphatic rings. The lowest BCUT2D eigenvalue weighted by molar-refractivity contribution is -0.0620. The summed E-state index contributed by atoms with van der Waals surface area (Å²) in [6, 6.07) is 9.83. The number of rotatable bonds is 8. The van der Waals surface area contributed by atoms with Crippen LogP contribution in [0.5, 0.6) is 0 Å². The normalized spacial score (nSPS) is 37.0. The van der Waals surface area contributed by atoms with E-state index in [1.54, 1.807) is 5.57 Å². The van der Waals surface area contributed by atoms with Gasteiger partial charge in [-0.1, -0.05) is 95.9 Å². The van der Waals surface area contributed by atoms with Gasteiger partial charge in [0.15, 0.2) is 0 Å². The lowest BCUT2D eigenvalue weighted by atomic mass is 9.47. The third-order valence-corrected chi connectivity index (χ3v) is 11.7. The fourth-order valence-electron chi connectivity index (χ4n) is 9.64. The summed E-state index contributed by atoms with van der Waals surface area (Å²) in [6.45, 7) is 12.8. The molecule has 8 atom stereocenters. The maximum absolute atomic E-state index is 12.4. The highest BCUT2D eigenvalue weighted by Gasteiger charge is 2.59. The molecule has 0 amide bonds. The quantitative estimate of drug-likeness (QED) is 0.253. The standard InChI is InChI=1S/C35H52O3/c1-24(2)10-9-11-25(3)30-16-17-31-29-15-14-27-22-28(38-33(36)37-23-26-12-7-6-8-13-26)18-20-34(27,4)32(29)19-21-35(30,31)5/h6-8,12-14,24-25,28-32H,9-11,15-23H2,1-5H3/t25-,28?,29?,30-,31?,32?,34+,35-/m1/s1. The fourth-order valence-corrected chi connectivity index (χ4v) is 9.64. The average molecular weight is 521 g/mol. The van der Waals surface area contributed by atoms with Crippen LogP contribution in [-0.4, -0.2) is 12.3 Å². The van der Waals surface area contributed by atoms with Crippen LogP contribution in [0, 0.1) is 46.3 Å². The first-order chi connectivity index (χ1) is 18.2. The first kappa shape index (κ1) is 27.8. The number of carbonyl (C=O) groups excluding carboxylic acids is 1. The van der Waals surface area contributed by atoms with Crippen LogP contribution >= 0.6 is 0 Å². The Morgan fingerprint density at radius 2 is 1.76 bits per heavy atom. The molecule has 210 valence electrons. The van der Waals surface area contributed by atoms with Crippen LogP contribution in [0.3, 0.4) is 0 Å². The van der Waals surface area contributed by atoms with Crippen molar-refractivity contribution in [2.45, 2.75) is 118 Å². The van der Waals surface area contributed by atoms with Gasteiger partial charge in [0.25, 0.3) is 0 Å². The minimum atomic E-state index is -0.523. The van der Waals surface area contributed by atoms with E-state index in [2.05, 4.69) is 40.7 Å². The number of hydrogen-bond donors (Lipinski definition) is 0. The van der Waals surface area contributed by atoms with Gasteiger partial charge in [-0.25, -0.2) is 4.79 Å². The summed E-state index contributed by atoms with van der Waals surface area (Å²) < 4.78 is 11.2. The van der Waals surface area contributed by atoms with Crippen molar-refractivity contribution in [2.24, 2.45) is 46.3 Å². The maximum Gasteiger partial charge on any atom is 0.508 e. The van der Waals surface area contributed by atoms with Crippen LogP contribution in [-0.2, 0) is 16.1 Å². The minimum Gasteiger partial charge on any atom is -0.431 e. The van der Waals surface area contributed by atoms with Gasteiger partial charge < -0.3 is 9.47 Å². The van der Waals surface area contributed by atoms with Gasteiger partial charge in [0.05, 0.1) is 0 Å². The van der Waals surface area contributed by atoms with Crippen LogP contribution in [0.15, 0.2) is 42.0 Å². The predicted molar refractivity (Wildman–Crippen MR) is 155 cm³/mol. The van der Waals surface area contributed by atoms with E-state index in [4.69, 9.17) is 9.47 Å². The third kappa shape index (κ3) is 5.46. The number of ether oxygens (including phenoxy) is 2. The number of carbonyl (C=O) groups is 1. The van der Waals surface area contributed by atoms with Gasteiger partial charge in [0.1, 0.15) is 12.7 Å². The zero-order valence-corrected chi connectivity index (χ0v) is 24.7. The molecule has 0 spiro atoms. The van der Waals surface area contributed by atoms with Gasteiger partial charge in [0, 0.05) is 6.42 Å². The van der Waals surface area contributed by atoms with Gasteiger partial charge in [-0.05, 0) is 96.8 Å². The van der Waals surface area contributed by atoms with Gasteiger partial charge >= 0.3 is 6.16 Å². The van der Waals surface area contributed by atoms with Gasteiger partial charge in [-0.3, -0.25) is 0 Å². The Bertz CT molecular complexity index is 982. The average Bonchev–Trinajstić information content (AvgIpc) is 3.25. The molecule has 3 nitrogen and oxygen atoms in total. The second-order valence-electron chi connectivity index (χ2n) is 14.3. The maximum atomic E-state index is 12.4. The lowest BCUT2D eigenvalue weighted by Gasteiger charge is -2.58. The molecule has 0 bridgehead atoms. The molecule has 0 aliphatic heterocycles. The topological polar surface area (TPSA) is 35.5 Å². The summed E-state index contributed by atoms with van der Waals surface area (Å²) in [5.74, 6) is 5.11. The molecule has 4 aliphatic carbocycles. The van der Waals surface area contributed by atoms with E-state index in [0.717, 1.165) is 60.3 Å². The minimum absolute atomic E-state index is 0.0504. The molecule has 1 aromatic carbocycles. The van der Waals surface area contributed by atoms with Crippen LogP contribution in [0.4, 0.5) is 4.79 Å². The number of allylic oxidation sites excluding steroid dienone is 1. The fraction of sp³-hybridized carbons (Fsp3) is 0.743. The summed E-state index contributed by atoms with van der Waals surface area (Å²) >= 11 is 0. The van der Waals surface area contributed by atoms with E-state index < -0.39 is 6.16 Å². The van der Waals surface area contributed by atoms with Crippen molar-refractivity contribution in [1.29, 1.82) is 0 Å². The van der Waals surface area contributed by atoms with E-state index in [9.17, 15) is 4.79 Å². The van der Waals surface area contributed by atoms with Crippen molar-refractivity contribution in [2.75, 3.05) is 0 Å². The lowest BCUT2D eigenvalue weighted by Crippen LogP contribution is -2.51. The van der Waals surface area contributed by atoms with Gasteiger partial charge in [-0.15, -0.1) is 0 Å².